The average Bonchev–Trinajstić information content (AvgIpc) is 2.52. The zero-order valence-electron chi connectivity index (χ0n) is 14.1. The molecule has 0 heterocycles. The lowest BCUT2D eigenvalue weighted by Crippen LogP contribution is -2.46. The van der Waals surface area contributed by atoms with E-state index in [1.54, 1.807) is 7.11 Å². The molecular formula is C18H29NO2. The topological polar surface area (TPSA) is 30.5 Å². The molecule has 1 fully saturated rings. The first-order chi connectivity index (χ1) is 10.1. The van der Waals surface area contributed by atoms with E-state index in [0.717, 1.165) is 18.6 Å². The Balaban J connectivity index is 2.48. The van der Waals surface area contributed by atoms with Crippen LogP contribution in [0.15, 0.2) is 12.1 Å². The first-order valence-electron chi connectivity index (χ1n) is 7.96. The first kappa shape index (κ1) is 16.3. The molecule has 1 aromatic carbocycles. The maximum absolute atomic E-state index is 6.04. The Kier molecular flexibility index (Phi) is 5.28. The summed E-state index contributed by atoms with van der Waals surface area (Å²) in [5, 5.41) is 3.50. The number of likely N-dealkylation sites (N-methyl/N-ethyl adjacent to an activating group) is 1. The molecule has 1 N–H and O–H groups in total. The third-order valence-corrected chi connectivity index (χ3v) is 5.14. The molecule has 1 aliphatic rings. The summed E-state index contributed by atoms with van der Waals surface area (Å²) in [4.78, 5) is 0. The van der Waals surface area contributed by atoms with Crippen molar-refractivity contribution in [3.8, 4) is 5.75 Å². The number of rotatable bonds is 5. The third kappa shape index (κ3) is 2.95. The van der Waals surface area contributed by atoms with Gasteiger partial charge in [0.25, 0.3) is 0 Å². The van der Waals surface area contributed by atoms with E-state index in [2.05, 4.69) is 31.3 Å². The standard InChI is InChI=1S/C18H29NO2/c1-13-9-10-15(16(20-4)14(13)2)17(19-3)18(21-5)11-7-6-8-12-18/h9-10,17,19H,6-8,11-12H2,1-5H3. The zero-order chi connectivity index (χ0) is 15.5. The van der Waals surface area contributed by atoms with Gasteiger partial charge in [-0.3, -0.25) is 0 Å². The van der Waals surface area contributed by atoms with Gasteiger partial charge in [0.15, 0.2) is 0 Å². The maximum Gasteiger partial charge on any atom is 0.126 e. The van der Waals surface area contributed by atoms with Crippen LogP contribution in [0.25, 0.3) is 0 Å². The molecule has 0 aliphatic heterocycles. The van der Waals surface area contributed by atoms with Crippen LogP contribution in [0.2, 0.25) is 0 Å². The molecule has 0 bridgehead atoms. The first-order valence-corrected chi connectivity index (χ1v) is 7.96. The minimum absolute atomic E-state index is 0.123. The Bertz CT molecular complexity index is 478. The summed E-state index contributed by atoms with van der Waals surface area (Å²) in [7, 11) is 5.64. The van der Waals surface area contributed by atoms with Gasteiger partial charge in [0.2, 0.25) is 0 Å². The van der Waals surface area contributed by atoms with Gasteiger partial charge < -0.3 is 14.8 Å². The van der Waals surface area contributed by atoms with Crippen LogP contribution in [0.3, 0.4) is 0 Å². The van der Waals surface area contributed by atoms with E-state index in [-0.39, 0.29) is 11.6 Å². The van der Waals surface area contributed by atoms with Crippen molar-refractivity contribution in [2.45, 2.75) is 57.6 Å². The summed E-state index contributed by atoms with van der Waals surface area (Å²) in [5.41, 5.74) is 3.58. The fraction of sp³-hybridized carbons (Fsp3) is 0.667. The number of aryl methyl sites for hydroxylation is 1. The second kappa shape index (κ2) is 6.80. The van der Waals surface area contributed by atoms with E-state index in [9.17, 15) is 0 Å². The normalized spacial score (nSPS) is 19.3. The van der Waals surface area contributed by atoms with Crippen molar-refractivity contribution in [3.63, 3.8) is 0 Å². The van der Waals surface area contributed by atoms with Crippen molar-refractivity contribution in [1.82, 2.24) is 5.32 Å². The molecule has 3 nitrogen and oxygen atoms in total. The third-order valence-electron chi connectivity index (χ3n) is 5.14. The molecule has 1 saturated carbocycles. The van der Waals surface area contributed by atoms with E-state index >= 15 is 0 Å². The molecular weight excluding hydrogens is 262 g/mol. The fourth-order valence-electron chi connectivity index (χ4n) is 3.77. The summed E-state index contributed by atoms with van der Waals surface area (Å²) >= 11 is 0. The molecule has 0 saturated heterocycles. The molecule has 0 aromatic heterocycles. The summed E-state index contributed by atoms with van der Waals surface area (Å²) < 4.78 is 11.8. The van der Waals surface area contributed by atoms with Gasteiger partial charge in [0, 0.05) is 12.7 Å². The largest absolute Gasteiger partial charge is 0.496 e. The van der Waals surface area contributed by atoms with Crippen molar-refractivity contribution in [1.29, 1.82) is 0 Å². The highest BCUT2D eigenvalue weighted by molar-refractivity contribution is 5.47. The van der Waals surface area contributed by atoms with Gasteiger partial charge >= 0.3 is 0 Å². The summed E-state index contributed by atoms with van der Waals surface area (Å²) in [6, 6.07) is 4.54. The van der Waals surface area contributed by atoms with Crippen LogP contribution in [-0.2, 0) is 4.74 Å². The molecule has 0 radical (unpaired) electrons. The van der Waals surface area contributed by atoms with Gasteiger partial charge in [-0.15, -0.1) is 0 Å². The Labute approximate surface area is 129 Å². The van der Waals surface area contributed by atoms with E-state index in [1.165, 1.54) is 36.0 Å². The van der Waals surface area contributed by atoms with Gasteiger partial charge in [0.05, 0.1) is 18.8 Å². The smallest absolute Gasteiger partial charge is 0.126 e. The summed E-state index contributed by atoms with van der Waals surface area (Å²) in [5.74, 6) is 0.997. The monoisotopic (exact) mass is 291 g/mol. The quantitative estimate of drug-likeness (QED) is 0.892. The van der Waals surface area contributed by atoms with Crippen molar-refractivity contribution in [2.24, 2.45) is 0 Å². The lowest BCUT2D eigenvalue weighted by Gasteiger charge is -2.43. The molecule has 0 spiro atoms. The second-order valence-corrected chi connectivity index (χ2v) is 6.18. The minimum atomic E-state index is -0.123. The number of benzene rings is 1. The number of ether oxygens (including phenoxy) is 2. The molecule has 1 aromatic rings. The van der Waals surface area contributed by atoms with Crippen molar-refractivity contribution in [3.05, 3.63) is 28.8 Å². The highest BCUT2D eigenvalue weighted by Crippen LogP contribution is 2.44. The van der Waals surface area contributed by atoms with Gasteiger partial charge in [-0.2, -0.15) is 0 Å². The van der Waals surface area contributed by atoms with E-state index in [4.69, 9.17) is 9.47 Å². The molecule has 1 unspecified atom stereocenters. The number of hydrogen-bond acceptors (Lipinski definition) is 3. The summed E-state index contributed by atoms with van der Waals surface area (Å²) in [6.07, 6.45) is 5.99. The van der Waals surface area contributed by atoms with Gasteiger partial charge in [0.1, 0.15) is 5.75 Å². The Hall–Kier alpha value is -1.06. The van der Waals surface area contributed by atoms with Crippen molar-refractivity contribution in [2.75, 3.05) is 21.3 Å². The highest BCUT2D eigenvalue weighted by Gasteiger charge is 2.41. The lowest BCUT2D eigenvalue weighted by atomic mass is 9.76. The van der Waals surface area contributed by atoms with Gasteiger partial charge in [-0.1, -0.05) is 31.4 Å². The van der Waals surface area contributed by atoms with Crippen LogP contribution < -0.4 is 10.1 Å². The maximum atomic E-state index is 6.04. The number of methoxy groups -OCH3 is 2. The second-order valence-electron chi connectivity index (χ2n) is 6.18. The van der Waals surface area contributed by atoms with Crippen LogP contribution in [0.1, 0.15) is 54.8 Å². The van der Waals surface area contributed by atoms with Gasteiger partial charge in [-0.05, 0) is 44.9 Å². The van der Waals surface area contributed by atoms with Gasteiger partial charge in [-0.25, -0.2) is 0 Å². The molecule has 1 atom stereocenters. The average molecular weight is 291 g/mol. The van der Waals surface area contributed by atoms with Crippen molar-refractivity contribution >= 4 is 0 Å². The number of nitrogens with one attached hydrogen (secondary N) is 1. The van der Waals surface area contributed by atoms with Crippen LogP contribution in [0, 0.1) is 13.8 Å². The molecule has 21 heavy (non-hydrogen) atoms. The Morgan fingerprint density at radius 2 is 1.76 bits per heavy atom. The van der Waals surface area contributed by atoms with E-state index in [0.29, 0.717) is 0 Å². The van der Waals surface area contributed by atoms with Crippen LogP contribution >= 0.6 is 0 Å². The highest BCUT2D eigenvalue weighted by atomic mass is 16.5. The Morgan fingerprint density at radius 3 is 2.29 bits per heavy atom. The molecule has 3 heteroatoms. The predicted octanol–water partition coefficient (Wildman–Crippen LogP) is 3.92. The minimum Gasteiger partial charge on any atom is -0.496 e. The predicted molar refractivity (Wildman–Crippen MR) is 87.1 cm³/mol. The lowest BCUT2D eigenvalue weighted by molar-refractivity contribution is -0.0675. The number of hydrogen-bond donors (Lipinski definition) is 1. The Morgan fingerprint density at radius 1 is 1.10 bits per heavy atom. The molecule has 2 rings (SSSR count). The van der Waals surface area contributed by atoms with Crippen LogP contribution in [0.4, 0.5) is 0 Å². The molecule has 1 aliphatic carbocycles. The SMILES string of the molecule is CNC(c1ccc(C)c(C)c1OC)C1(OC)CCCCC1. The summed E-state index contributed by atoms with van der Waals surface area (Å²) in [6.45, 7) is 4.26. The van der Waals surface area contributed by atoms with Crippen LogP contribution in [-0.4, -0.2) is 26.9 Å². The molecule has 118 valence electrons. The fourth-order valence-corrected chi connectivity index (χ4v) is 3.77. The van der Waals surface area contributed by atoms with Crippen molar-refractivity contribution < 1.29 is 9.47 Å². The van der Waals surface area contributed by atoms with Crippen LogP contribution in [0.5, 0.6) is 5.75 Å². The zero-order valence-corrected chi connectivity index (χ0v) is 14.1. The van der Waals surface area contributed by atoms with E-state index < -0.39 is 0 Å². The van der Waals surface area contributed by atoms with E-state index in [1.807, 2.05) is 14.2 Å². The molecule has 0 amide bonds.